The van der Waals surface area contributed by atoms with E-state index in [0.717, 1.165) is 22.5 Å². The Labute approximate surface area is 166 Å². The number of aryl methyl sites for hydroxylation is 1. The summed E-state index contributed by atoms with van der Waals surface area (Å²) in [5, 5.41) is 0. The molecule has 5 rings (SSSR count). The molecule has 1 saturated heterocycles. The smallest absolute Gasteiger partial charge is 0.198 e. The van der Waals surface area contributed by atoms with Crippen molar-refractivity contribution in [1.82, 2.24) is 19.9 Å². The Morgan fingerprint density at radius 3 is 2.86 bits per heavy atom. The van der Waals surface area contributed by atoms with Gasteiger partial charge in [0.05, 0.1) is 13.4 Å². The molecule has 3 aromatic heterocycles. The number of aromatic nitrogens is 4. The monoisotopic (exact) mass is 393 g/mol. The summed E-state index contributed by atoms with van der Waals surface area (Å²) in [5.41, 5.74) is 3.70. The van der Waals surface area contributed by atoms with Gasteiger partial charge in [0.2, 0.25) is 0 Å². The molecule has 0 spiro atoms. The molecule has 7 nitrogen and oxygen atoms in total. The van der Waals surface area contributed by atoms with Crippen LogP contribution in [0.25, 0.3) is 34.0 Å². The van der Waals surface area contributed by atoms with Crippen LogP contribution < -0.4 is 9.64 Å². The number of halogens is 1. The number of aromatic amines is 1. The highest BCUT2D eigenvalue weighted by Crippen LogP contribution is 2.35. The van der Waals surface area contributed by atoms with Crippen LogP contribution in [0.4, 0.5) is 10.1 Å². The van der Waals surface area contributed by atoms with Crippen molar-refractivity contribution in [1.29, 1.82) is 0 Å². The molecule has 1 aliphatic rings. The number of alkyl halides is 1. The number of rotatable bonds is 4. The molecule has 1 aliphatic heterocycles. The second kappa shape index (κ2) is 6.88. The van der Waals surface area contributed by atoms with Crippen molar-refractivity contribution in [3.8, 4) is 28.6 Å². The third-order valence-electron chi connectivity index (χ3n) is 5.14. The van der Waals surface area contributed by atoms with E-state index in [1.165, 1.54) is 0 Å². The van der Waals surface area contributed by atoms with Crippen LogP contribution in [0.5, 0.6) is 5.75 Å². The second-order valence-electron chi connectivity index (χ2n) is 7.16. The number of furan rings is 1. The van der Waals surface area contributed by atoms with Crippen LogP contribution >= 0.6 is 0 Å². The maximum atomic E-state index is 13.8. The van der Waals surface area contributed by atoms with E-state index in [-0.39, 0.29) is 0 Å². The van der Waals surface area contributed by atoms with E-state index in [9.17, 15) is 4.39 Å². The highest BCUT2D eigenvalue weighted by atomic mass is 19.1. The molecule has 1 atom stereocenters. The van der Waals surface area contributed by atoms with Crippen molar-refractivity contribution in [3.05, 3.63) is 42.4 Å². The predicted molar refractivity (Wildman–Crippen MR) is 108 cm³/mol. The predicted octanol–water partition coefficient (Wildman–Crippen LogP) is 4.15. The average Bonchev–Trinajstić information content (AvgIpc) is 3.47. The van der Waals surface area contributed by atoms with Crippen LogP contribution in [-0.4, -0.2) is 46.3 Å². The number of H-pyrrole nitrogens is 1. The molecular weight excluding hydrogens is 373 g/mol. The number of nitrogens with zero attached hydrogens (tertiary/aromatic N) is 4. The third-order valence-corrected chi connectivity index (χ3v) is 5.14. The van der Waals surface area contributed by atoms with Gasteiger partial charge in [0.25, 0.3) is 0 Å². The summed E-state index contributed by atoms with van der Waals surface area (Å²) in [7, 11) is 1.62. The Morgan fingerprint density at radius 2 is 2.14 bits per heavy atom. The summed E-state index contributed by atoms with van der Waals surface area (Å²) in [6, 6.07) is 9.55. The Balaban J connectivity index is 1.67. The van der Waals surface area contributed by atoms with E-state index < -0.39 is 6.17 Å². The molecule has 0 aliphatic carbocycles. The highest BCUT2D eigenvalue weighted by Gasteiger charge is 2.24. The zero-order valence-corrected chi connectivity index (χ0v) is 16.1. The lowest BCUT2D eigenvalue weighted by Crippen LogP contribution is -2.19. The van der Waals surface area contributed by atoms with Crippen molar-refractivity contribution in [2.24, 2.45) is 0 Å². The Bertz CT molecular complexity index is 1190. The number of anilines is 1. The number of fused-ring (bicyclic) bond motifs is 1. The molecule has 8 heteroatoms. The summed E-state index contributed by atoms with van der Waals surface area (Å²) in [5.74, 6) is 2.51. The quantitative estimate of drug-likeness (QED) is 0.561. The minimum atomic E-state index is -0.809. The van der Waals surface area contributed by atoms with E-state index in [2.05, 4.69) is 15.0 Å². The van der Waals surface area contributed by atoms with Gasteiger partial charge in [-0.1, -0.05) is 0 Å². The van der Waals surface area contributed by atoms with Crippen molar-refractivity contribution in [2.75, 3.05) is 25.1 Å². The molecule has 148 valence electrons. The van der Waals surface area contributed by atoms with Gasteiger partial charge in [0.1, 0.15) is 28.9 Å². The molecule has 0 saturated carbocycles. The molecule has 1 fully saturated rings. The molecule has 0 bridgehead atoms. The van der Waals surface area contributed by atoms with Crippen LogP contribution in [0.3, 0.4) is 0 Å². The molecule has 0 radical (unpaired) electrons. The lowest BCUT2D eigenvalue weighted by molar-refractivity contribution is 0.364. The molecule has 1 N–H and O–H groups in total. The van der Waals surface area contributed by atoms with Gasteiger partial charge in [-0.25, -0.2) is 19.3 Å². The van der Waals surface area contributed by atoms with Gasteiger partial charge in [0, 0.05) is 30.4 Å². The first-order chi connectivity index (χ1) is 14.1. The third kappa shape index (κ3) is 3.20. The average molecular weight is 393 g/mol. The van der Waals surface area contributed by atoms with Crippen molar-refractivity contribution in [3.63, 3.8) is 0 Å². The van der Waals surface area contributed by atoms with Crippen molar-refractivity contribution in [2.45, 2.75) is 19.5 Å². The topological polar surface area (TPSA) is 80.1 Å². The number of ether oxygens (including phenoxy) is 1. The number of benzene rings is 1. The van der Waals surface area contributed by atoms with Crippen LogP contribution in [0, 0.1) is 6.92 Å². The normalized spacial score (nSPS) is 16.7. The molecule has 0 unspecified atom stereocenters. The SMILES string of the molecule is COc1cc(-c2nc(-c3ccc(C)o3)nc3nc[nH]c23)cc(N2CC[C@H](F)C2)c1. The first-order valence-electron chi connectivity index (χ1n) is 9.47. The van der Waals surface area contributed by atoms with Crippen LogP contribution in [-0.2, 0) is 0 Å². The van der Waals surface area contributed by atoms with E-state index in [1.54, 1.807) is 13.4 Å². The van der Waals surface area contributed by atoms with E-state index >= 15 is 0 Å². The van der Waals surface area contributed by atoms with Crippen LogP contribution in [0.15, 0.2) is 41.1 Å². The lowest BCUT2D eigenvalue weighted by atomic mass is 10.1. The van der Waals surface area contributed by atoms with Gasteiger partial charge in [-0.2, -0.15) is 0 Å². The largest absolute Gasteiger partial charge is 0.497 e. The van der Waals surface area contributed by atoms with Crippen LogP contribution in [0.1, 0.15) is 12.2 Å². The molecular formula is C21H20FN5O2. The summed E-state index contributed by atoms with van der Waals surface area (Å²) < 4.78 is 25.0. The Kier molecular flexibility index (Phi) is 4.19. The standard InChI is InChI=1S/C21H20FN5O2/c1-12-3-4-17(29-12)20-25-18(19-21(26-20)24-11-23-19)13-7-15(9-16(8-13)28-2)27-6-5-14(22)10-27/h3-4,7-9,11,14H,5-6,10H2,1-2H3,(H,23,24,25,26)/t14-/m0/s1. The van der Waals surface area contributed by atoms with Crippen molar-refractivity contribution >= 4 is 16.9 Å². The first kappa shape index (κ1) is 17.7. The maximum Gasteiger partial charge on any atom is 0.198 e. The maximum absolute atomic E-state index is 13.8. The van der Waals surface area contributed by atoms with Crippen LogP contribution in [0.2, 0.25) is 0 Å². The number of imidazole rings is 1. The van der Waals surface area contributed by atoms with E-state index in [4.69, 9.17) is 14.1 Å². The minimum absolute atomic E-state index is 0.382. The van der Waals surface area contributed by atoms with Gasteiger partial charge >= 0.3 is 0 Å². The molecule has 4 aromatic rings. The Hall–Kier alpha value is -3.42. The molecule has 1 aromatic carbocycles. The van der Waals surface area contributed by atoms with Crippen molar-refractivity contribution < 1.29 is 13.5 Å². The number of hydrogen-bond donors (Lipinski definition) is 1. The second-order valence-corrected chi connectivity index (χ2v) is 7.16. The summed E-state index contributed by atoms with van der Waals surface area (Å²) in [4.78, 5) is 18.7. The van der Waals surface area contributed by atoms with Gasteiger partial charge in [-0.05, 0) is 37.6 Å². The lowest BCUT2D eigenvalue weighted by Gasteiger charge is -2.19. The van der Waals surface area contributed by atoms with Gasteiger partial charge in [-0.3, -0.25) is 0 Å². The highest BCUT2D eigenvalue weighted by molar-refractivity contribution is 5.89. The molecule has 4 heterocycles. The van der Waals surface area contributed by atoms with Gasteiger partial charge < -0.3 is 19.0 Å². The summed E-state index contributed by atoms with van der Waals surface area (Å²) >= 11 is 0. The fraction of sp³-hybridized carbons (Fsp3) is 0.286. The fourth-order valence-corrected chi connectivity index (χ4v) is 3.68. The van der Waals surface area contributed by atoms with E-state index in [1.807, 2.05) is 42.2 Å². The molecule has 29 heavy (non-hydrogen) atoms. The fourth-order valence-electron chi connectivity index (χ4n) is 3.68. The zero-order chi connectivity index (χ0) is 20.0. The minimum Gasteiger partial charge on any atom is -0.497 e. The summed E-state index contributed by atoms with van der Waals surface area (Å²) in [6.07, 6.45) is 1.32. The zero-order valence-electron chi connectivity index (χ0n) is 16.1. The Morgan fingerprint density at radius 1 is 1.24 bits per heavy atom. The number of methoxy groups -OCH3 is 1. The first-order valence-corrected chi connectivity index (χ1v) is 9.47. The molecule has 0 amide bonds. The summed E-state index contributed by atoms with van der Waals surface area (Å²) in [6.45, 7) is 2.93. The van der Waals surface area contributed by atoms with Gasteiger partial charge in [-0.15, -0.1) is 0 Å². The number of hydrogen-bond acceptors (Lipinski definition) is 6. The van der Waals surface area contributed by atoms with Gasteiger partial charge in [0.15, 0.2) is 17.2 Å². The number of nitrogens with one attached hydrogen (secondary N) is 1. The van der Waals surface area contributed by atoms with E-state index in [0.29, 0.717) is 48.2 Å².